The highest BCUT2D eigenvalue weighted by Crippen LogP contribution is 2.35. The largest absolute Gasteiger partial charge is 0.368 e. The second kappa shape index (κ2) is 5.54. The van der Waals surface area contributed by atoms with E-state index in [1.807, 2.05) is 13.8 Å². The van der Waals surface area contributed by atoms with Crippen LogP contribution in [0.5, 0.6) is 0 Å². The molecule has 2 aromatic heterocycles. The Hall–Kier alpha value is -1.79. The summed E-state index contributed by atoms with van der Waals surface area (Å²) in [6.07, 6.45) is 0.944. The van der Waals surface area contributed by atoms with Crippen LogP contribution in [0.3, 0.4) is 0 Å². The second-order valence-corrected chi connectivity index (χ2v) is 6.33. The molecule has 21 heavy (non-hydrogen) atoms. The van der Waals surface area contributed by atoms with Gasteiger partial charge in [-0.2, -0.15) is 5.10 Å². The Bertz CT molecular complexity index is 653. The fraction of sp³-hybridized carbons (Fsp3) is 0.400. The van der Waals surface area contributed by atoms with E-state index in [-0.39, 0.29) is 5.91 Å². The minimum atomic E-state index is -0.471. The van der Waals surface area contributed by atoms with E-state index in [1.54, 1.807) is 23.5 Å². The average Bonchev–Trinajstić information content (AvgIpc) is 2.96. The summed E-state index contributed by atoms with van der Waals surface area (Å²) in [5, 5.41) is 12.8. The van der Waals surface area contributed by atoms with Gasteiger partial charge in [0.2, 0.25) is 0 Å². The standard InChI is InChI=1S/C15H17N3O2S/c1-10-3-4-12(18-17-10)14(19)16-9-15(2)11-6-8-21-13(11)5-7-20-15/h3-4,6,8H,5,7,9H2,1-2H3,(H,16,19)/t15-/m1/s1. The number of fused-ring (bicyclic) bond motifs is 1. The molecule has 3 heterocycles. The average molecular weight is 303 g/mol. The van der Waals surface area contributed by atoms with Crippen molar-refractivity contribution in [2.75, 3.05) is 13.2 Å². The fourth-order valence-corrected chi connectivity index (χ4v) is 3.44. The van der Waals surface area contributed by atoms with E-state index in [0.717, 1.165) is 12.1 Å². The number of ether oxygens (including phenoxy) is 1. The summed E-state index contributed by atoms with van der Waals surface area (Å²) in [4.78, 5) is 13.5. The molecule has 1 aliphatic heterocycles. The number of rotatable bonds is 3. The fourth-order valence-electron chi connectivity index (χ4n) is 2.46. The molecule has 1 aliphatic rings. The molecular formula is C15H17N3O2S. The maximum absolute atomic E-state index is 12.1. The van der Waals surface area contributed by atoms with Gasteiger partial charge in [-0.05, 0) is 43.0 Å². The first-order valence-electron chi connectivity index (χ1n) is 6.88. The molecule has 0 aromatic carbocycles. The molecule has 1 atom stereocenters. The van der Waals surface area contributed by atoms with Gasteiger partial charge < -0.3 is 10.1 Å². The molecule has 0 unspecified atom stereocenters. The summed E-state index contributed by atoms with van der Waals surface area (Å²) in [6, 6.07) is 5.53. The predicted octanol–water partition coefficient (Wildman–Crippen LogP) is 2.06. The molecular weight excluding hydrogens is 286 g/mol. The van der Waals surface area contributed by atoms with Crippen LogP contribution in [-0.4, -0.2) is 29.3 Å². The van der Waals surface area contributed by atoms with Crippen LogP contribution < -0.4 is 5.32 Å². The van der Waals surface area contributed by atoms with E-state index in [9.17, 15) is 4.79 Å². The summed E-state index contributed by atoms with van der Waals surface area (Å²) >= 11 is 1.74. The molecule has 0 radical (unpaired) electrons. The van der Waals surface area contributed by atoms with Gasteiger partial charge in [0, 0.05) is 11.3 Å². The van der Waals surface area contributed by atoms with Crippen LogP contribution in [0.25, 0.3) is 0 Å². The smallest absolute Gasteiger partial charge is 0.271 e. The maximum atomic E-state index is 12.1. The summed E-state index contributed by atoms with van der Waals surface area (Å²) in [6.45, 7) is 4.96. The maximum Gasteiger partial charge on any atom is 0.271 e. The van der Waals surface area contributed by atoms with E-state index >= 15 is 0 Å². The van der Waals surface area contributed by atoms with Crippen molar-refractivity contribution >= 4 is 17.2 Å². The molecule has 3 rings (SSSR count). The Labute approximate surface area is 127 Å². The number of carbonyl (C=O) groups excluding carboxylic acids is 1. The number of thiophene rings is 1. The molecule has 2 aromatic rings. The van der Waals surface area contributed by atoms with Crippen LogP contribution in [0.1, 0.15) is 33.5 Å². The minimum absolute atomic E-state index is 0.227. The van der Waals surface area contributed by atoms with Crippen molar-refractivity contribution in [1.82, 2.24) is 15.5 Å². The molecule has 1 N–H and O–H groups in total. The molecule has 0 saturated heterocycles. The molecule has 0 aliphatic carbocycles. The molecule has 1 amide bonds. The first-order valence-corrected chi connectivity index (χ1v) is 7.76. The number of hydrogen-bond donors (Lipinski definition) is 1. The van der Waals surface area contributed by atoms with Crippen LogP contribution in [-0.2, 0) is 16.8 Å². The van der Waals surface area contributed by atoms with Gasteiger partial charge >= 0.3 is 0 Å². The van der Waals surface area contributed by atoms with Gasteiger partial charge in [0.15, 0.2) is 5.69 Å². The second-order valence-electron chi connectivity index (χ2n) is 5.33. The summed E-state index contributed by atoms with van der Waals surface area (Å²) in [5.41, 5.74) is 1.82. The van der Waals surface area contributed by atoms with Crippen LogP contribution >= 0.6 is 11.3 Å². The van der Waals surface area contributed by atoms with Gasteiger partial charge in [-0.1, -0.05) is 0 Å². The third-order valence-corrected chi connectivity index (χ3v) is 4.66. The lowest BCUT2D eigenvalue weighted by Gasteiger charge is -2.34. The Kier molecular flexibility index (Phi) is 3.73. The van der Waals surface area contributed by atoms with Crippen LogP contribution in [0, 0.1) is 6.92 Å². The summed E-state index contributed by atoms with van der Waals surface area (Å²) < 4.78 is 5.91. The number of nitrogens with one attached hydrogen (secondary N) is 1. The van der Waals surface area contributed by atoms with Crippen LogP contribution in [0.4, 0.5) is 0 Å². The Balaban J connectivity index is 1.71. The third-order valence-electron chi connectivity index (χ3n) is 3.68. The van der Waals surface area contributed by atoms with Gasteiger partial charge in [0.05, 0.1) is 18.8 Å². The number of hydrogen-bond acceptors (Lipinski definition) is 5. The van der Waals surface area contributed by atoms with Crippen molar-refractivity contribution in [3.63, 3.8) is 0 Å². The first kappa shape index (κ1) is 14.2. The van der Waals surface area contributed by atoms with Gasteiger partial charge in [0.1, 0.15) is 5.60 Å². The first-order chi connectivity index (χ1) is 10.1. The van der Waals surface area contributed by atoms with Crippen molar-refractivity contribution in [2.45, 2.75) is 25.9 Å². The topological polar surface area (TPSA) is 64.1 Å². The lowest BCUT2D eigenvalue weighted by atomic mass is 9.93. The molecule has 6 heteroatoms. The van der Waals surface area contributed by atoms with Crippen molar-refractivity contribution in [3.8, 4) is 0 Å². The number of nitrogens with zero attached hydrogens (tertiary/aromatic N) is 2. The number of amides is 1. The number of aromatic nitrogens is 2. The third kappa shape index (κ3) is 2.82. The number of aryl methyl sites for hydroxylation is 1. The normalized spacial score (nSPS) is 20.9. The van der Waals surface area contributed by atoms with E-state index in [0.29, 0.717) is 18.8 Å². The Morgan fingerprint density at radius 1 is 1.43 bits per heavy atom. The molecule has 0 fully saturated rings. The molecule has 0 saturated carbocycles. The van der Waals surface area contributed by atoms with Crippen molar-refractivity contribution < 1.29 is 9.53 Å². The number of carbonyl (C=O) groups is 1. The van der Waals surface area contributed by atoms with E-state index in [2.05, 4.69) is 27.0 Å². The van der Waals surface area contributed by atoms with Crippen LogP contribution in [0.2, 0.25) is 0 Å². The van der Waals surface area contributed by atoms with E-state index in [4.69, 9.17) is 4.74 Å². The predicted molar refractivity (Wildman–Crippen MR) is 80.4 cm³/mol. The van der Waals surface area contributed by atoms with Crippen molar-refractivity contribution in [2.24, 2.45) is 0 Å². The summed E-state index contributed by atoms with van der Waals surface area (Å²) in [7, 11) is 0. The van der Waals surface area contributed by atoms with Gasteiger partial charge in [-0.15, -0.1) is 16.4 Å². The highest BCUT2D eigenvalue weighted by Gasteiger charge is 2.34. The monoisotopic (exact) mass is 303 g/mol. The van der Waals surface area contributed by atoms with E-state index in [1.165, 1.54) is 10.4 Å². The lowest BCUT2D eigenvalue weighted by Crippen LogP contribution is -2.43. The van der Waals surface area contributed by atoms with Crippen LogP contribution in [0.15, 0.2) is 23.6 Å². The van der Waals surface area contributed by atoms with Gasteiger partial charge in [0.25, 0.3) is 5.91 Å². The zero-order valence-electron chi connectivity index (χ0n) is 12.0. The SMILES string of the molecule is Cc1ccc(C(=O)NC[C@@]2(C)OCCc3sccc32)nn1. The van der Waals surface area contributed by atoms with Gasteiger partial charge in [-0.3, -0.25) is 4.79 Å². The lowest BCUT2D eigenvalue weighted by molar-refractivity contribution is -0.0426. The highest BCUT2D eigenvalue weighted by molar-refractivity contribution is 7.10. The molecule has 110 valence electrons. The summed E-state index contributed by atoms with van der Waals surface area (Å²) in [5.74, 6) is -0.227. The quantitative estimate of drug-likeness (QED) is 0.942. The van der Waals surface area contributed by atoms with Gasteiger partial charge in [-0.25, -0.2) is 0 Å². The molecule has 5 nitrogen and oxygen atoms in total. The van der Waals surface area contributed by atoms with Crippen molar-refractivity contribution in [3.05, 3.63) is 45.4 Å². The Morgan fingerprint density at radius 3 is 3.05 bits per heavy atom. The zero-order chi connectivity index (χ0) is 14.9. The zero-order valence-corrected chi connectivity index (χ0v) is 12.9. The Morgan fingerprint density at radius 2 is 2.29 bits per heavy atom. The highest BCUT2D eigenvalue weighted by atomic mass is 32.1. The minimum Gasteiger partial charge on any atom is -0.368 e. The molecule has 0 spiro atoms. The van der Waals surface area contributed by atoms with Crippen molar-refractivity contribution in [1.29, 1.82) is 0 Å². The molecule has 0 bridgehead atoms. The van der Waals surface area contributed by atoms with E-state index < -0.39 is 5.60 Å².